The summed E-state index contributed by atoms with van der Waals surface area (Å²) < 4.78 is 28.1. The van der Waals surface area contributed by atoms with E-state index in [1.165, 1.54) is 0 Å². The van der Waals surface area contributed by atoms with Crippen LogP contribution in [0.2, 0.25) is 0 Å². The first-order valence-electron chi connectivity index (χ1n) is 6.61. The van der Waals surface area contributed by atoms with Gasteiger partial charge in [0.15, 0.2) is 0 Å². The maximum absolute atomic E-state index is 12.4. The molecule has 2 fully saturated rings. The Morgan fingerprint density at radius 2 is 1.44 bits per heavy atom. The molecule has 0 aliphatic carbocycles. The van der Waals surface area contributed by atoms with E-state index >= 15 is 0 Å². The zero-order valence-electron chi connectivity index (χ0n) is 10.8. The molecule has 2 saturated heterocycles. The van der Waals surface area contributed by atoms with E-state index in [0.717, 1.165) is 38.5 Å². The molecule has 0 aromatic carbocycles. The van der Waals surface area contributed by atoms with Crippen LogP contribution in [0.4, 0.5) is 0 Å². The first-order valence-corrected chi connectivity index (χ1v) is 8.01. The highest BCUT2D eigenvalue weighted by Gasteiger charge is 2.32. The zero-order chi connectivity index (χ0) is 12.3. The van der Waals surface area contributed by atoms with Crippen molar-refractivity contribution >= 4 is 22.6 Å². The Kier molecular flexibility index (Phi) is 6.34. The quantitative estimate of drug-likeness (QED) is 0.825. The molecule has 0 saturated carbocycles. The molecule has 5 nitrogen and oxygen atoms in total. The van der Waals surface area contributed by atoms with E-state index in [2.05, 4.69) is 0 Å². The van der Waals surface area contributed by atoms with Crippen LogP contribution in [-0.4, -0.2) is 49.2 Å². The van der Waals surface area contributed by atoms with Gasteiger partial charge in [0.25, 0.3) is 10.2 Å². The monoisotopic (exact) mass is 297 g/mol. The SMILES string of the molecule is Cl.NC1CCCN(S(=O)(=O)N2CCCCCC2)C1. The van der Waals surface area contributed by atoms with E-state index in [1.54, 1.807) is 8.61 Å². The smallest absolute Gasteiger partial charge is 0.282 e. The molecule has 0 spiro atoms. The summed E-state index contributed by atoms with van der Waals surface area (Å²) in [6.45, 7) is 2.47. The third kappa shape index (κ3) is 3.81. The lowest BCUT2D eigenvalue weighted by Gasteiger charge is -2.33. The second-order valence-corrected chi connectivity index (χ2v) is 7.01. The molecule has 2 heterocycles. The minimum atomic E-state index is -3.25. The van der Waals surface area contributed by atoms with Gasteiger partial charge in [0.05, 0.1) is 0 Å². The Labute approximate surface area is 116 Å². The summed E-state index contributed by atoms with van der Waals surface area (Å²) in [5.41, 5.74) is 5.86. The molecule has 0 radical (unpaired) electrons. The molecule has 0 aromatic rings. The van der Waals surface area contributed by atoms with Gasteiger partial charge in [0.2, 0.25) is 0 Å². The molecule has 2 N–H and O–H groups in total. The second-order valence-electron chi connectivity index (χ2n) is 5.08. The van der Waals surface area contributed by atoms with Gasteiger partial charge in [-0.25, -0.2) is 0 Å². The topological polar surface area (TPSA) is 66.6 Å². The maximum atomic E-state index is 12.4. The van der Waals surface area contributed by atoms with Gasteiger partial charge in [-0.15, -0.1) is 12.4 Å². The van der Waals surface area contributed by atoms with Crippen LogP contribution in [0, 0.1) is 0 Å². The van der Waals surface area contributed by atoms with Crippen LogP contribution in [0.15, 0.2) is 0 Å². The summed E-state index contributed by atoms with van der Waals surface area (Å²) in [6, 6.07) is 0.00510. The fourth-order valence-corrected chi connectivity index (χ4v) is 4.41. The number of nitrogens with two attached hydrogens (primary N) is 1. The second kappa shape index (κ2) is 7.05. The van der Waals surface area contributed by atoms with Gasteiger partial charge in [0, 0.05) is 32.2 Å². The Hall–Kier alpha value is 0.120. The lowest BCUT2D eigenvalue weighted by atomic mass is 10.1. The molecule has 2 aliphatic rings. The minimum Gasteiger partial charge on any atom is -0.327 e. The van der Waals surface area contributed by atoms with E-state index in [4.69, 9.17) is 5.73 Å². The minimum absolute atomic E-state index is 0. The number of nitrogens with zero attached hydrogens (tertiary/aromatic N) is 2. The van der Waals surface area contributed by atoms with Crippen molar-refractivity contribution in [3.8, 4) is 0 Å². The van der Waals surface area contributed by atoms with Gasteiger partial charge in [-0.3, -0.25) is 0 Å². The number of hydrogen-bond acceptors (Lipinski definition) is 3. The van der Waals surface area contributed by atoms with Crippen LogP contribution < -0.4 is 5.73 Å². The van der Waals surface area contributed by atoms with Crippen molar-refractivity contribution in [2.45, 2.75) is 44.6 Å². The highest BCUT2D eigenvalue weighted by molar-refractivity contribution is 7.86. The van der Waals surface area contributed by atoms with Gasteiger partial charge in [0.1, 0.15) is 0 Å². The number of piperidine rings is 1. The van der Waals surface area contributed by atoms with E-state index < -0.39 is 10.2 Å². The summed E-state index contributed by atoms with van der Waals surface area (Å²) in [4.78, 5) is 0. The zero-order valence-corrected chi connectivity index (χ0v) is 12.4. The highest BCUT2D eigenvalue weighted by Crippen LogP contribution is 2.19. The summed E-state index contributed by atoms with van der Waals surface area (Å²) in [7, 11) is -3.25. The van der Waals surface area contributed by atoms with E-state index in [0.29, 0.717) is 26.2 Å². The predicted molar refractivity (Wildman–Crippen MR) is 75.0 cm³/mol. The number of halogens is 1. The fraction of sp³-hybridized carbons (Fsp3) is 1.00. The Bertz CT molecular complexity index is 334. The molecule has 2 aliphatic heterocycles. The molecule has 0 amide bonds. The molecule has 1 atom stereocenters. The molecule has 7 heteroatoms. The molecular weight excluding hydrogens is 274 g/mol. The standard InChI is InChI=1S/C11H23N3O2S.ClH/c12-11-6-5-9-14(10-11)17(15,16)13-7-3-1-2-4-8-13;/h11H,1-10,12H2;1H. The van der Waals surface area contributed by atoms with Gasteiger partial charge in [-0.2, -0.15) is 17.0 Å². The first kappa shape index (κ1) is 16.2. The Morgan fingerprint density at radius 3 is 2.00 bits per heavy atom. The van der Waals surface area contributed by atoms with Crippen LogP contribution in [-0.2, 0) is 10.2 Å². The van der Waals surface area contributed by atoms with Crippen molar-refractivity contribution in [3.63, 3.8) is 0 Å². The van der Waals surface area contributed by atoms with E-state index in [-0.39, 0.29) is 18.4 Å². The van der Waals surface area contributed by atoms with Crippen molar-refractivity contribution in [2.24, 2.45) is 5.73 Å². The van der Waals surface area contributed by atoms with Crippen molar-refractivity contribution in [3.05, 3.63) is 0 Å². The lowest BCUT2D eigenvalue weighted by Crippen LogP contribution is -2.51. The molecule has 108 valence electrons. The highest BCUT2D eigenvalue weighted by atomic mass is 35.5. The average molecular weight is 298 g/mol. The summed E-state index contributed by atoms with van der Waals surface area (Å²) in [5.74, 6) is 0. The maximum Gasteiger partial charge on any atom is 0.282 e. The van der Waals surface area contributed by atoms with Crippen molar-refractivity contribution < 1.29 is 8.42 Å². The van der Waals surface area contributed by atoms with Crippen LogP contribution in [0.25, 0.3) is 0 Å². The van der Waals surface area contributed by atoms with Crippen molar-refractivity contribution in [2.75, 3.05) is 26.2 Å². The van der Waals surface area contributed by atoms with Gasteiger partial charge in [-0.1, -0.05) is 12.8 Å². The summed E-state index contributed by atoms with van der Waals surface area (Å²) in [5, 5.41) is 0. The molecule has 18 heavy (non-hydrogen) atoms. The lowest BCUT2D eigenvalue weighted by molar-refractivity contribution is 0.285. The van der Waals surface area contributed by atoms with Crippen LogP contribution in [0.5, 0.6) is 0 Å². The van der Waals surface area contributed by atoms with Crippen molar-refractivity contribution in [1.82, 2.24) is 8.61 Å². The fourth-order valence-electron chi connectivity index (χ4n) is 2.62. The van der Waals surface area contributed by atoms with Crippen LogP contribution in [0.1, 0.15) is 38.5 Å². The molecule has 1 unspecified atom stereocenters. The largest absolute Gasteiger partial charge is 0.327 e. The normalized spacial score (nSPS) is 28.4. The summed E-state index contributed by atoms with van der Waals surface area (Å²) in [6.07, 6.45) is 6.08. The Balaban J connectivity index is 0.00000162. The summed E-state index contributed by atoms with van der Waals surface area (Å²) >= 11 is 0. The van der Waals surface area contributed by atoms with Crippen LogP contribution >= 0.6 is 12.4 Å². The molecular formula is C11H24ClN3O2S. The third-order valence-electron chi connectivity index (χ3n) is 3.64. The van der Waals surface area contributed by atoms with Gasteiger partial charge >= 0.3 is 0 Å². The molecule has 0 bridgehead atoms. The first-order chi connectivity index (χ1) is 8.10. The molecule has 0 aromatic heterocycles. The molecule has 2 rings (SSSR count). The Morgan fingerprint density at radius 1 is 0.889 bits per heavy atom. The number of hydrogen-bond donors (Lipinski definition) is 1. The number of rotatable bonds is 2. The van der Waals surface area contributed by atoms with Gasteiger partial charge < -0.3 is 5.73 Å². The van der Waals surface area contributed by atoms with E-state index in [9.17, 15) is 8.42 Å². The van der Waals surface area contributed by atoms with Crippen molar-refractivity contribution in [1.29, 1.82) is 0 Å². The third-order valence-corrected chi connectivity index (χ3v) is 5.64. The van der Waals surface area contributed by atoms with E-state index in [1.807, 2.05) is 0 Å². The average Bonchev–Trinajstić information content (AvgIpc) is 2.58. The van der Waals surface area contributed by atoms with Gasteiger partial charge in [-0.05, 0) is 25.7 Å². The predicted octanol–water partition coefficient (Wildman–Crippen LogP) is 0.952. The van der Waals surface area contributed by atoms with Crippen LogP contribution in [0.3, 0.4) is 0 Å².